The molecule has 3 N–H and O–H groups in total. The molecule has 1 aliphatic rings. The van der Waals surface area contributed by atoms with Crippen molar-refractivity contribution in [2.75, 3.05) is 13.7 Å². The molecule has 0 spiro atoms. The fourth-order valence-electron chi connectivity index (χ4n) is 2.22. The minimum atomic E-state index is -0.919. The average molecular weight is 286 g/mol. The number of hydrogen-bond donors (Lipinski definition) is 3. The van der Waals surface area contributed by atoms with E-state index in [0.29, 0.717) is 6.54 Å². The van der Waals surface area contributed by atoms with Crippen LogP contribution in [0.4, 0.5) is 4.79 Å². The van der Waals surface area contributed by atoms with Crippen molar-refractivity contribution in [3.63, 3.8) is 0 Å². The van der Waals surface area contributed by atoms with E-state index in [1.54, 1.807) is 7.11 Å². The highest BCUT2D eigenvalue weighted by molar-refractivity contribution is 5.76. The fourth-order valence-corrected chi connectivity index (χ4v) is 2.22. The van der Waals surface area contributed by atoms with Gasteiger partial charge in [0.2, 0.25) is 0 Å². The predicted octanol–water partition coefficient (Wildman–Crippen LogP) is 1.74. The number of nitrogens with one attached hydrogen (secondary N) is 2. The van der Waals surface area contributed by atoms with Crippen molar-refractivity contribution >= 4 is 12.0 Å². The zero-order chi connectivity index (χ0) is 15.4. The molecular weight excluding hydrogens is 260 g/mol. The highest BCUT2D eigenvalue weighted by Crippen LogP contribution is 2.34. The Labute approximate surface area is 120 Å². The second-order valence-corrected chi connectivity index (χ2v) is 6.58. The van der Waals surface area contributed by atoms with E-state index >= 15 is 0 Å². The molecule has 116 valence electrons. The van der Waals surface area contributed by atoms with Crippen LogP contribution < -0.4 is 10.6 Å². The van der Waals surface area contributed by atoms with Crippen LogP contribution in [0.3, 0.4) is 0 Å². The fraction of sp³-hybridized carbons (Fsp3) is 0.857. The summed E-state index contributed by atoms with van der Waals surface area (Å²) in [6, 6.07) is -0.755. The summed E-state index contributed by atoms with van der Waals surface area (Å²) in [6.07, 6.45) is 2.91. The smallest absolute Gasteiger partial charge is 0.315 e. The van der Waals surface area contributed by atoms with Crippen molar-refractivity contribution < 1.29 is 19.4 Å². The first-order chi connectivity index (χ1) is 9.18. The average Bonchev–Trinajstić information content (AvgIpc) is 2.25. The number of carbonyl (C=O) groups is 2. The van der Waals surface area contributed by atoms with Crippen molar-refractivity contribution in [1.29, 1.82) is 0 Å². The molecule has 0 saturated heterocycles. The first-order valence-electron chi connectivity index (χ1n) is 7.00. The zero-order valence-corrected chi connectivity index (χ0v) is 12.8. The van der Waals surface area contributed by atoms with E-state index in [0.717, 1.165) is 19.3 Å². The van der Waals surface area contributed by atoms with Gasteiger partial charge in [0.25, 0.3) is 0 Å². The van der Waals surface area contributed by atoms with Gasteiger partial charge in [-0.15, -0.1) is 0 Å². The van der Waals surface area contributed by atoms with Crippen molar-refractivity contribution in [1.82, 2.24) is 10.6 Å². The summed E-state index contributed by atoms with van der Waals surface area (Å²) >= 11 is 0. The van der Waals surface area contributed by atoms with Crippen molar-refractivity contribution in [2.45, 2.75) is 58.1 Å². The maximum absolute atomic E-state index is 11.9. The standard InChI is InChI=1S/C14H26N2O4/c1-13(2,3)10(8-11(17)18)16-12(19)15-9-14(20-4)6-5-7-14/h10H,5-9H2,1-4H3,(H,17,18)(H2,15,16,19). The lowest BCUT2D eigenvalue weighted by Crippen LogP contribution is -2.54. The number of methoxy groups -OCH3 is 1. The minimum Gasteiger partial charge on any atom is -0.481 e. The third-order valence-corrected chi connectivity index (χ3v) is 4.00. The Kier molecular flexibility index (Phi) is 5.39. The first-order valence-corrected chi connectivity index (χ1v) is 7.00. The van der Waals surface area contributed by atoms with Gasteiger partial charge in [0.05, 0.1) is 12.0 Å². The number of amides is 2. The molecule has 0 aliphatic heterocycles. The van der Waals surface area contributed by atoms with E-state index in [1.807, 2.05) is 20.8 Å². The molecule has 1 atom stereocenters. The van der Waals surface area contributed by atoms with Gasteiger partial charge in [0.15, 0.2) is 0 Å². The second kappa shape index (κ2) is 6.43. The number of urea groups is 1. The van der Waals surface area contributed by atoms with E-state index in [-0.39, 0.29) is 23.5 Å². The summed E-state index contributed by atoms with van der Waals surface area (Å²) in [4.78, 5) is 22.8. The molecule has 20 heavy (non-hydrogen) atoms. The molecule has 0 heterocycles. The van der Waals surface area contributed by atoms with Crippen LogP contribution in [0.15, 0.2) is 0 Å². The second-order valence-electron chi connectivity index (χ2n) is 6.58. The van der Waals surface area contributed by atoms with Crippen LogP contribution in [0.1, 0.15) is 46.5 Å². The molecule has 0 bridgehead atoms. The molecule has 1 fully saturated rings. The van der Waals surface area contributed by atoms with Gasteiger partial charge in [-0.25, -0.2) is 4.79 Å². The van der Waals surface area contributed by atoms with Gasteiger partial charge in [0.1, 0.15) is 0 Å². The van der Waals surface area contributed by atoms with Gasteiger partial charge in [-0.2, -0.15) is 0 Å². The first kappa shape index (κ1) is 16.8. The van der Waals surface area contributed by atoms with Gasteiger partial charge in [0, 0.05) is 19.7 Å². The Balaban J connectivity index is 2.47. The molecule has 1 unspecified atom stereocenters. The highest BCUT2D eigenvalue weighted by atomic mass is 16.5. The zero-order valence-electron chi connectivity index (χ0n) is 12.8. The maximum Gasteiger partial charge on any atom is 0.315 e. The van der Waals surface area contributed by atoms with Gasteiger partial charge in [-0.3, -0.25) is 4.79 Å². The normalized spacial score (nSPS) is 18.8. The van der Waals surface area contributed by atoms with Crippen LogP contribution in [0.2, 0.25) is 0 Å². The maximum atomic E-state index is 11.9. The number of hydrogen-bond acceptors (Lipinski definition) is 3. The van der Waals surface area contributed by atoms with Gasteiger partial charge < -0.3 is 20.5 Å². The molecule has 6 nitrogen and oxygen atoms in total. The van der Waals surface area contributed by atoms with Crippen molar-refractivity contribution in [3.8, 4) is 0 Å². The third kappa shape index (κ3) is 4.67. The molecular formula is C14H26N2O4. The lowest BCUT2D eigenvalue weighted by molar-refractivity contribution is -0.138. The summed E-state index contributed by atoms with van der Waals surface area (Å²) in [5, 5.41) is 14.4. The van der Waals surface area contributed by atoms with E-state index in [9.17, 15) is 9.59 Å². The topological polar surface area (TPSA) is 87.7 Å². The Morgan fingerprint density at radius 1 is 1.35 bits per heavy atom. The lowest BCUT2D eigenvalue weighted by Gasteiger charge is -2.40. The number of carboxylic acids is 1. The van der Waals surface area contributed by atoms with E-state index in [2.05, 4.69) is 10.6 Å². The monoisotopic (exact) mass is 286 g/mol. The van der Waals surface area contributed by atoms with E-state index in [1.165, 1.54) is 0 Å². The molecule has 0 aromatic carbocycles. The van der Waals surface area contributed by atoms with Crippen LogP contribution in [0, 0.1) is 5.41 Å². The summed E-state index contributed by atoms with van der Waals surface area (Å²) in [5.74, 6) is -0.919. The van der Waals surface area contributed by atoms with Crippen LogP contribution in [-0.2, 0) is 9.53 Å². The molecule has 0 aromatic heterocycles. The quantitative estimate of drug-likeness (QED) is 0.694. The van der Waals surface area contributed by atoms with Gasteiger partial charge >= 0.3 is 12.0 Å². The largest absolute Gasteiger partial charge is 0.481 e. The van der Waals surface area contributed by atoms with Crippen LogP contribution in [0.25, 0.3) is 0 Å². The van der Waals surface area contributed by atoms with Gasteiger partial charge in [-0.05, 0) is 24.7 Å². The Hall–Kier alpha value is -1.30. The molecule has 2 amide bonds. The molecule has 1 rings (SSSR count). The molecule has 0 aromatic rings. The number of aliphatic carboxylic acids is 1. The summed E-state index contributed by atoms with van der Waals surface area (Å²) in [7, 11) is 1.65. The number of carboxylic acid groups (broad SMARTS) is 1. The molecule has 1 aliphatic carbocycles. The summed E-state index contributed by atoms with van der Waals surface area (Å²) in [6.45, 7) is 6.18. The van der Waals surface area contributed by atoms with Crippen molar-refractivity contribution in [2.24, 2.45) is 5.41 Å². The Morgan fingerprint density at radius 2 is 1.95 bits per heavy atom. The molecule has 6 heteroatoms. The summed E-state index contributed by atoms with van der Waals surface area (Å²) in [5.41, 5.74) is -0.549. The lowest BCUT2D eigenvalue weighted by atomic mass is 9.80. The molecule has 1 saturated carbocycles. The SMILES string of the molecule is COC1(CNC(=O)NC(CC(=O)O)C(C)(C)C)CCC1. The Morgan fingerprint density at radius 3 is 2.30 bits per heavy atom. The summed E-state index contributed by atoms with van der Waals surface area (Å²) < 4.78 is 5.42. The molecule has 0 radical (unpaired) electrons. The van der Waals surface area contributed by atoms with Crippen molar-refractivity contribution in [3.05, 3.63) is 0 Å². The predicted molar refractivity (Wildman–Crippen MR) is 75.6 cm³/mol. The van der Waals surface area contributed by atoms with Crippen LogP contribution in [-0.4, -0.2) is 42.4 Å². The minimum absolute atomic E-state index is 0.0909. The third-order valence-electron chi connectivity index (χ3n) is 4.00. The number of rotatable bonds is 6. The van der Waals surface area contributed by atoms with Crippen LogP contribution >= 0.6 is 0 Å². The van der Waals surface area contributed by atoms with Crippen LogP contribution in [0.5, 0.6) is 0 Å². The Bertz CT molecular complexity index is 353. The van der Waals surface area contributed by atoms with E-state index in [4.69, 9.17) is 9.84 Å². The van der Waals surface area contributed by atoms with Gasteiger partial charge in [-0.1, -0.05) is 20.8 Å². The van der Waals surface area contributed by atoms with E-state index < -0.39 is 12.0 Å². The number of ether oxygens (including phenoxy) is 1. The highest BCUT2D eigenvalue weighted by Gasteiger charge is 2.37. The number of carbonyl (C=O) groups excluding carboxylic acids is 1.